The minimum Gasteiger partial charge on any atom is -0.488 e. The van der Waals surface area contributed by atoms with Crippen molar-refractivity contribution in [2.75, 3.05) is 38.2 Å². The Hall–Kier alpha value is -4.08. The Kier molecular flexibility index (Phi) is 5.31. The molecule has 1 aromatic carbocycles. The zero-order valence-corrected chi connectivity index (χ0v) is 20.5. The maximum absolute atomic E-state index is 11.3. The molecule has 0 saturated carbocycles. The summed E-state index contributed by atoms with van der Waals surface area (Å²) in [5.74, 6) is 2.62. The van der Waals surface area contributed by atoms with Crippen LogP contribution in [0, 0.1) is 19.8 Å². The number of imidazole rings is 1. The highest BCUT2D eigenvalue weighted by Gasteiger charge is 2.35. The van der Waals surface area contributed by atoms with E-state index < -0.39 is 6.09 Å². The van der Waals surface area contributed by atoms with Gasteiger partial charge in [-0.05, 0) is 50.5 Å². The van der Waals surface area contributed by atoms with E-state index in [-0.39, 0.29) is 12.0 Å². The lowest BCUT2D eigenvalue weighted by molar-refractivity contribution is 0.150. The predicted molar refractivity (Wildman–Crippen MR) is 134 cm³/mol. The zero-order chi connectivity index (χ0) is 25.0. The molecule has 3 aromatic heterocycles. The number of carbonyl (C=O) groups is 1. The molecule has 186 valence electrons. The molecule has 1 N–H and O–H groups in total. The number of carboxylic acid groups (broad SMARTS) is 1. The van der Waals surface area contributed by atoms with Crippen LogP contribution in [-0.4, -0.2) is 69.1 Å². The Balaban J connectivity index is 1.48. The van der Waals surface area contributed by atoms with Gasteiger partial charge in [0.25, 0.3) is 0 Å². The van der Waals surface area contributed by atoms with Crippen LogP contribution in [0.15, 0.2) is 41.1 Å². The van der Waals surface area contributed by atoms with Gasteiger partial charge in [-0.15, -0.1) is 0 Å². The van der Waals surface area contributed by atoms with Crippen LogP contribution in [-0.2, 0) is 0 Å². The Labute approximate surface area is 208 Å². The van der Waals surface area contributed by atoms with E-state index in [1.54, 1.807) is 13.2 Å². The van der Waals surface area contributed by atoms with Crippen molar-refractivity contribution in [1.29, 1.82) is 0 Å². The van der Waals surface area contributed by atoms with Crippen molar-refractivity contribution < 1.29 is 19.2 Å². The second-order valence-corrected chi connectivity index (χ2v) is 9.64. The van der Waals surface area contributed by atoms with Crippen LogP contribution in [0.4, 0.5) is 10.7 Å². The zero-order valence-electron chi connectivity index (χ0n) is 20.5. The number of hydrogen-bond acceptors (Lipinski definition) is 7. The van der Waals surface area contributed by atoms with Gasteiger partial charge < -0.3 is 24.2 Å². The molecule has 0 spiro atoms. The molecule has 2 aliphatic rings. The number of amides is 1. The van der Waals surface area contributed by atoms with Crippen LogP contribution in [0.1, 0.15) is 29.6 Å². The highest BCUT2D eigenvalue weighted by Crippen LogP contribution is 2.46. The van der Waals surface area contributed by atoms with Gasteiger partial charge in [0.15, 0.2) is 5.75 Å². The molecule has 0 unspecified atom stereocenters. The number of benzene rings is 1. The number of ether oxygens (including phenoxy) is 1. The minimum atomic E-state index is -0.904. The standard InChI is InChI=1S/C26H28N6O4/c1-15-22(16(2)36-29-15)18-7-8-20-23-24(18)35-14-21(19-6-4-5-10-27-19)32(23)25(28-20)31-11-9-17(13-31)12-30(3)26(33)34/h4-8,10,17,21H,9,11-14H2,1-3H3,(H,33,34)/t17-,21+/m0/s1. The molecule has 1 amide bonds. The fourth-order valence-electron chi connectivity index (χ4n) is 5.53. The minimum absolute atomic E-state index is 0.139. The summed E-state index contributed by atoms with van der Waals surface area (Å²) in [7, 11) is 1.62. The van der Waals surface area contributed by atoms with Crippen LogP contribution in [0.2, 0.25) is 0 Å². The van der Waals surface area contributed by atoms with Crippen LogP contribution in [0.3, 0.4) is 0 Å². The van der Waals surface area contributed by atoms with E-state index >= 15 is 0 Å². The molecule has 10 nitrogen and oxygen atoms in total. The van der Waals surface area contributed by atoms with Gasteiger partial charge in [-0.2, -0.15) is 0 Å². The molecule has 1 fully saturated rings. The van der Waals surface area contributed by atoms with Gasteiger partial charge in [-0.25, -0.2) is 9.78 Å². The topological polar surface area (TPSA) is 110 Å². The monoisotopic (exact) mass is 488 g/mol. The molecular weight excluding hydrogens is 460 g/mol. The van der Waals surface area contributed by atoms with E-state index in [2.05, 4.69) is 19.6 Å². The van der Waals surface area contributed by atoms with Crippen molar-refractivity contribution in [3.63, 3.8) is 0 Å². The van der Waals surface area contributed by atoms with E-state index in [0.29, 0.717) is 13.2 Å². The first-order valence-corrected chi connectivity index (χ1v) is 12.1. The highest BCUT2D eigenvalue weighted by molar-refractivity contribution is 5.94. The van der Waals surface area contributed by atoms with Gasteiger partial charge in [-0.1, -0.05) is 11.2 Å². The van der Waals surface area contributed by atoms with E-state index in [1.807, 2.05) is 44.2 Å². The van der Waals surface area contributed by atoms with E-state index in [4.69, 9.17) is 14.2 Å². The third-order valence-corrected chi connectivity index (χ3v) is 7.24. The quantitative estimate of drug-likeness (QED) is 0.447. The Morgan fingerprint density at radius 1 is 1.25 bits per heavy atom. The summed E-state index contributed by atoms with van der Waals surface area (Å²) < 4.78 is 14.1. The van der Waals surface area contributed by atoms with Gasteiger partial charge in [0.2, 0.25) is 5.95 Å². The largest absolute Gasteiger partial charge is 0.488 e. The van der Waals surface area contributed by atoms with Crippen molar-refractivity contribution in [2.45, 2.75) is 26.3 Å². The fourth-order valence-corrected chi connectivity index (χ4v) is 5.53. The maximum atomic E-state index is 11.3. The number of hydrogen-bond donors (Lipinski definition) is 1. The number of nitrogens with zero attached hydrogens (tertiary/aromatic N) is 6. The summed E-state index contributed by atoms with van der Waals surface area (Å²) in [6, 6.07) is 9.82. The molecule has 2 atom stereocenters. The van der Waals surface area contributed by atoms with Crippen LogP contribution in [0.25, 0.3) is 22.2 Å². The third-order valence-electron chi connectivity index (χ3n) is 7.24. The highest BCUT2D eigenvalue weighted by atomic mass is 16.5. The number of pyridine rings is 1. The molecule has 0 bridgehead atoms. The van der Waals surface area contributed by atoms with Crippen molar-refractivity contribution in [3.8, 4) is 16.9 Å². The second-order valence-electron chi connectivity index (χ2n) is 9.64. The molecule has 5 heterocycles. The van der Waals surface area contributed by atoms with Gasteiger partial charge >= 0.3 is 6.09 Å². The predicted octanol–water partition coefficient (Wildman–Crippen LogP) is 4.12. The van der Waals surface area contributed by atoms with Crippen LogP contribution in [0.5, 0.6) is 5.75 Å². The SMILES string of the molecule is Cc1noc(C)c1-c1ccc2nc(N3CC[C@@H](CN(C)C(=O)O)C3)n3c2c1OC[C@@H]3c1ccccn1. The Morgan fingerprint density at radius 3 is 2.83 bits per heavy atom. The molecular formula is C26H28N6O4. The maximum Gasteiger partial charge on any atom is 0.407 e. The Bertz CT molecular complexity index is 1430. The van der Waals surface area contributed by atoms with Crippen LogP contribution < -0.4 is 9.64 Å². The van der Waals surface area contributed by atoms with E-state index in [9.17, 15) is 9.90 Å². The molecule has 0 aliphatic carbocycles. The van der Waals surface area contributed by atoms with Gasteiger partial charge in [0.1, 0.15) is 23.9 Å². The first-order valence-electron chi connectivity index (χ1n) is 12.1. The fraction of sp³-hybridized carbons (Fsp3) is 0.385. The van der Waals surface area contributed by atoms with Crippen molar-refractivity contribution >= 4 is 23.1 Å². The summed E-state index contributed by atoms with van der Waals surface area (Å²) in [6.45, 7) is 6.31. The lowest BCUT2D eigenvalue weighted by Crippen LogP contribution is -2.33. The van der Waals surface area contributed by atoms with Crippen molar-refractivity contribution in [3.05, 3.63) is 53.7 Å². The number of aryl methyl sites for hydroxylation is 2. The smallest absolute Gasteiger partial charge is 0.407 e. The molecule has 2 aliphatic heterocycles. The molecule has 0 radical (unpaired) electrons. The average Bonchev–Trinajstić information content (AvgIpc) is 3.58. The summed E-state index contributed by atoms with van der Waals surface area (Å²) in [5, 5.41) is 13.5. The first kappa shape index (κ1) is 22.4. The summed E-state index contributed by atoms with van der Waals surface area (Å²) >= 11 is 0. The number of anilines is 1. The number of rotatable bonds is 5. The first-order chi connectivity index (χ1) is 17.4. The van der Waals surface area contributed by atoms with Crippen LogP contribution >= 0.6 is 0 Å². The third kappa shape index (κ3) is 3.55. The van der Waals surface area contributed by atoms with Crippen molar-refractivity contribution in [1.82, 2.24) is 24.6 Å². The lowest BCUT2D eigenvalue weighted by Gasteiger charge is -2.30. The van der Waals surface area contributed by atoms with Gasteiger partial charge in [0.05, 0.1) is 22.5 Å². The molecule has 1 saturated heterocycles. The summed E-state index contributed by atoms with van der Waals surface area (Å²) in [4.78, 5) is 24.7. The summed E-state index contributed by atoms with van der Waals surface area (Å²) in [5.41, 5.74) is 5.38. The average molecular weight is 489 g/mol. The molecule has 10 heteroatoms. The normalized spacial score (nSPS) is 19.0. The molecule has 4 aromatic rings. The van der Waals surface area contributed by atoms with E-state index in [1.165, 1.54) is 4.90 Å². The second kappa shape index (κ2) is 8.54. The number of aromatic nitrogens is 4. The molecule has 6 rings (SSSR count). The summed E-state index contributed by atoms with van der Waals surface area (Å²) in [6.07, 6.45) is 1.80. The lowest BCUT2D eigenvalue weighted by atomic mass is 10.0. The van der Waals surface area contributed by atoms with Crippen molar-refractivity contribution in [2.24, 2.45) is 5.92 Å². The van der Waals surface area contributed by atoms with E-state index in [0.717, 1.165) is 70.5 Å². The Morgan fingerprint density at radius 2 is 2.11 bits per heavy atom. The van der Waals surface area contributed by atoms with Gasteiger partial charge in [-0.3, -0.25) is 9.55 Å². The molecule has 36 heavy (non-hydrogen) atoms. The van der Waals surface area contributed by atoms with Gasteiger partial charge in [0, 0.05) is 38.4 Å².